The van der Waals surface area contributed by atoms with E-state index in [1.54, 1.807) is 36.1 Å². The van der Waals surface area contributed by atoms with Crippen LogP contribution in [0.5, 0.6) is 0 Å². The number of carbonyl (C=O) groups excluding carboxylic acids is 1. The van der Waals surface area contributed by atoms with Crippen LogP contribution in [-0.4, -0.2) is 36.5 Å². The van der Waals surface area contributed by atoms with Gasteiger partial charge in [-0.25, -0.2) is 0 Å². The van der Waals surface area contributed by atoms with E-state index in [1.807, 2.05) is 11.5 Å². The highest BCUT2D eigenvalue weighted by atomic mass is 32.2. The standard InChI is InChI=1S/C16H18N2O4S/c1-9-8-12-10(16(20)21)6-7-18(12)14(9)15(19)11-4-5-13(17(11)2)23(3)22/h4-5,8,10H,6-7H2,1-3H3,(H,20,21). The van der Waals surface area contributed by atoms with Crippen LogP contribution in [0.4, 0.5) is 0 Å². The first kappa shape index (κ1) is 15.7. The molecule has 3 heterocycles. The van der Waals surface area contributed by atoms with Crippen molar-refractivity contribution in [1.29, 1.82) is 0 Å². The van der Waals surface area contributed by atoms with Gasteiger partial charge in [0.05, 0.1) is 28.1 Å². The zero-order valence-corrected chi connectivity index (χ0v) is 14.0. The summed E-state index contributed by atoms with van der Waals surface area (Å²) >= 11 is 0. The Hall–Kier alpha value is -2.15. The van der Waals surface area contributed by atoms with Crippen molar-refractivity contribution < 1.29 is 18.9 Å². The molecule has 0 amide bonds. The van der Waals surface area contributed by atoms with Gasteiger partial charge < -0.3 is 14.2 Å². The van der Waals surface area contributed by atoms with Crippen LogP contribution in [0.2, 0.25) is 0 Å². The van der Waals surface area contributed by atoms with E-state index < -0.39 is 22.7 Å². The molecule has 2 aromatic heterocycles. The van der Waals surface area contributed by atoms with E-state index in [9.17, 15) is 18.9 Å². The molecule has 1 aliphatic rings. The minimum Gasteiger partial charge on any atom is -0.481 e. The molecule has 0 aliphatic carbocycles. The summed E-state index contributed by atoms with van der Waals surface area (Å²) in [5, 5.41) is 9.87. The second-order valence-electron chi connectivity index (χ2n) is 5.83. The van der Waals surface area contributed by atoms with Crippen LogP contribution >= 0.6 is 0 Å². The van der Waals surface area contributed by atoms with E-state index in [0.29, 0.717) is 35.1 Å². The Morgan fingerprint density at radius 3 is 2.61 bits per heavy atom. The van der Waals surface area contributed by atoms with Gasteiger partial charge in [-0.3, -0.25) is 13.8 Å². The Balaban J connectivity index is 2.07. The predicted octanol–water partition coefficient (Wildman–Crippen LogP) is 1.68. The van der Waals surface area contributed by atoms with Gasteiger partial charge in [0, 0.05) is 25.5 Å². The highest BCUT2D eigenvalue weighted by Gasteiger charge is 2.33. The maximum Gasteiger partial charge on any atom is 0.312 e. The van der Waals surface area contributed by atoms with Crippen molar-refractivity contribution in [1.82, 2.24) is 9.13 Å². The summed E-state index contributed by atoms with van der Waals surface area (Å²) < 4.78 is 15.1. The summed E-state index contributed by atoms with van der Waals surface area (Å²) in [6.45, 7) is 2.34. The number of carbonyl (C=O) groups is 2. The lowest BCUT2D eigenvalue weighted by atomic mass is 10.0. The molecule has 2 unspecified atom stereocenters. The fraction of sp³-hybridized carbons (Fsp3) is 0.375. The maximum atomic E-state index is 12.9. The molecule has 1 N–H and O–H groups in total. The molecule has 0 fully saturated rings. The molecule has 2 atom stereocenters. The first-order chi connectivity index (χ1) is 10.8. The number of aryl methyl sites for hydroxylation is 1. The Bertz CT molecular complexity index is 847. The Morgan fingerprint density at radius 1 is 1.35 bits per heavy atom. The van der Waals surface area contributed by atoms with Crippen molar-refractivity contribution in [3.8, 4) is 0 Å². The van der Waals surface area contributed by atoms with E-state index in [4.69, 9.17) is 0 Å². The first-order valence-corrected chi connectivity index (χ1v) is 8.85. The summed E-state index contributed by atoms with van der Waals surface area (Å²) in [7, 11) is 0.542. The highest BCUT2D eigenvalue weighted by Crippen LogP contribution is 2.33. The molecule has 23 heavy (non-hydrogen) atoms. The van der Waals surface area contributed by atoms with Gasteiger partial charge in [0.1, 0.15) is 5.03 Å². The number of carboxylic acids is 1. The van der Waals surface area contributed by atoms with Crippen molar-refractivity contribution in [3.63, 3.8) is 0 Å². The fourth-order valence-electron chi connectivity index (χ4n) is 3.33. The third-order valence-corrected chi connectivity index (χ3v) is 5.43. The molecular formula is C16H18N2O4S. The first-order valence-electron chi connectivity index (χ1n) is 7.29. The van der Waals surface area contributed by atoms with Crippen molar-refractivity contribution in [3.05, 3.63) is 40.8 Å². The van der Waals surface area contributed by atoms with Crippen LogP contribution in [0.1, 0.15) is 39.8 Å². The van der Waals surface area contributed by atoms with Crippen molar-refractivity contribution in [2.75, 3.05) is 6.26 Å². The Labute approximate surface area is 136 Å². The summed E-state index contributed by atoms with van der Waals surface area (Å²) in [6.07, 6.45) is 2.07. The molecule has 7 heteroatoms. The van der Waals surface area contributed by atoms with Gasteiger partial charge in [0.2, 0.25) is 5.78 Å². The lowest BCUT2D eigenvalue weighted by Crippen LogP contribution is -2.15. The minimum atomic E-state index is -1.17. The van der Waals surface area contributed by atoms with E-state index in [1.165, 1.54) is 0 Å². The number of fused-ring (bicyclic) bond motifs is 1. The Morgan fingerprint density at radius 2 is 2.04 bits per heavy atom. The van der Waals surface area contributed by atoms with Gasteiger partial charge in [-0.2, -0.15) is 0 Å². The second-order valence-corrected chi connectivity index (χ2v) is 7.16. The van der Waals surface area contributed by atoms with Crippen LogP contribution < -0.4 is 0 Å². The highest BCUT2D eigenvalue weighted by molar-refractivity contribution is 7.84. The van der Waals surface area contributed by atoms with Crippen molar-refractivity contribution in [2.24, 2.45) is 7.05 Å². The van der Waals surface area contributed by atoms with Crippen molar-refractivity contribution in [2.45, 2.75) is 30.8 Å². The monoisotopic (exact) mass is 334 g/mol. The van der Waals surface area contributed by atoms with E-state index in [-0.39, 0.29) is 5.78 Å². The summed E-state index contributed by atoms with van der Waals surface area (Å²) in [5.41, 5.74) is 2.44. The zero-order chi connectivity index (χ0) is 16.9. The molecule has 0 radical (unpaired) electrons. The molecule has 6 nitrogen and oxygen atoms in total. The lowest BCUT2D eigenvalue weighted by molar-refractivity contribution is -0.138. The van der Waals surface area contributed by atoms with Crippen LogP contribution in [0.15, 0.2) is 23.2 Å². The fourth-order valence-corrected chi connectivity index (χ4v) is 4.07. The van der Waals surface area contributed by atoms with Crippen molar-refractivity contribution >= 4 is 22.6 Å². The van der Waals surface area contributed by atoms with Gasteiger partial charge in [-0.05, 0) is 37.1 Å². The molecule has 0 saturated carbocycles. The molecule has 122 valence electrons. The number of rotatable bonds is 4. The molecule has 1 aliphatic heterocycles. The van der Waals surface area contributed by atoms with Gasteiger partial charge in [0.15, 0.2) is 0 Å². The molecule has 0 spiro atoms. The predicted molar refractivity (Wildman–Crippen MR) is 85.3 cm³/mol. The SMILES string of the molecule is Cc1cc2n(c1C(=O)c1ccc(S(C)=O)n1C)CCC2C(=O)O. The summed E-state index contributed by atoms with van der Waals surface area (Å²) in [6, 6.07) is 5.15. The third-order valence-electron chi connectivity index (χ3n) is 4.43. The number of aliphatic carboxylic acids is 1. The van der Waals surface area contributed by atoms with Gasteiger partial charge in [-0.1, -0.05) is 0 Å². The largest absolute Gasteiger partial charge is 0.481 e. The van der Waals surface area contributed by atoms with E-state index in [0.717, 1.165) is 5.56 Å². The number of carboxylic acid groups (broad SMARTS) is 1. The molecular weight excluding hydrogens is 316 g/mol. The van der Waals surface area contributed by atoms with Crippen LogP contribution in [0.3, 0.4) is 0 Å². The topological polar surface area (TPSA) is 81.3 Å². The van der Waals surface area contributed by atoms with Gasteiger partial charge >= 0.3 is 5.97 Å². The van der Waals surface area contributed by atoms with E-state index >= 15 is 0 Å². The Kier molecular flexibility index (Phi) is 3.75. The van der Waals surface area contributed by atoms with Crippen LogP contribution in [0, 0.1) is 6.92 Å². The quantitative estimate of drug-likeness (QED) is 0.863. The van der Waals surface area contributed by atoms with Gasteiger partial charge in [0.25, 0.3) is 0 Å². The second kappa shape index (κ2) is 5.49. The zero-order valence-electron chi connectivity index (χ0n) is 13.2. The number of ketones is 1. The van der Waals surface area contributed by atoms with Crippen LogP contribution in [0.25, 0.3) is 0 Å². The van der Waals surface area contributed by atoms with Gasteiger partial charge in [-0.15, -0.1) is 0 Å². The number of hydrogen-bond acceptors (Lipinski definition) is 3. The molecule has 0 saturated heterocycles. The number of nitrogens with zero attached hydrogens (tertiary/aromatic N) is 2. The number of aromatic nitrogens is 2. The van der Waals surface area contributed by atoms with E-state index in [2.05, 4.69) is 0 Å². The smallest absolute Gasteiger partial charge is 0.312 e. The maximum absolute atomic E-state index is 12.9. The average Bonchev–Trinajstić information content (AvgIpc) is 3.10. The average molecular weight is 334 g/mol. The summed E-state index contributed by atoms with van der Waals surface area (Å²) in [5.74, 6) is -1.58. The lowest BCUT2D eigenvalue weighted by Gasteiger charge is -2.09. The molecule has 0 bridgehead atoms. The normalized spacial score (nSPS) is 18.0. The number of hydrogen-bond donors (Lipinski definition) is 1. The molecule has 2 aromatic rings. The minimum absolute atomic E-state index is 0.168. The third kappa shape index (κ3) is 2.35. The molecule has 0 aromatic carbocycles. The summed E-state index contributed by atoms with van der Waals surface area (Å²) in [4.78, 5) is 24.3. The van der Waals surface area contributed by atoms with Crippen LogP contribution in [-0.2, 0) is 29.2 Å². The molecule has 3 rings (SSSR count).